The van der Waals surface area contributed by atoms with Crippen molar-refractivity contribution in [3.05, 3.63) is 133 Å². The Hall–Kier alpha value is -3.69. The van der Waals surface area contributed by atoms with Gasteiger partial charge in [0, 0.05) is 29.6 Å². The number of nitrogens with one attached hydrogen (secondary N) is 1. The summed E-state index contributed by atoms with van der Waals surface area (Å²) in [5.74, 6) is -1.85. The van der Waals surface area contributed by atoms with Gasteiger partial charge in [-0.15, -0.1) is 29.6 Å². The molecule has 0 spiro atoms. The molecule has 1 aliphatic rings. The SMILES string of the molecule is C=CC[C@@H](N[S+]([O-])C(C)(C)C)C1OC(SCC(C=C)CO[Si](C)(C)C(C)(C)C)C(OC(=O)c2ccccc2)C(OC(=O)c2ccccc2)C1OC(=O)c1ccccc1. The third-order valence-corrected chi connectivity index (χ3v) is 17.7. The standard InChI is InChI=1S/C45H59NO9S2Si/c1-11-22-35(46-57(50)44(3,4)5)36-37(52-40(47)32-23-16-13-17-24-32)38(53-41(48)33-25-18-14-19-26-33)39(54-42(49)34-27-20-15-21-28-34)43(55-36)56-30-31(12-2)29-51-58(9,10)45(6,7)8/h11-21,23-28,31,35-39,43,46H,1-2,22,29-30H2,3-10H3/t31?,35-,36?,37?,38?,39?,43?,57?/m1/s1. The van der Waals surface area contributed by atoms with Crippen LogP contribution >= 0.6 is 11.8 Å². The zero-order chi connectivity index (χ0) is 42.7. The van der Waals surface area contributed by atoms with Crippen LogP contribution in [-0.2, 0) is 34.7 Å². The number of carbonyl (C=O) groups excluding carboxylic acids is 3. The van der Waals surface area contributed by atoms with E-state index in [9.17, 15) is 18.9 Å². The third-order valence-electron chi connectivity index (χ3n) is 10.2. The molecule has 58 heavy (non-hydrogen) atoms. The van der Waals surface area contributed by atoms with Crippen molar-refractivity contribution >= 4 is 49.3 Å². The van der Waals surface area contributed by atoms with Crippen LogP contribution in [0.15, 0.2) is 116 Å². The first-order chi connectivity index (χ1) is 27.4. The lowest BCUT2D eigenvalue weighted by molar-refractivity contribution is -0.205. The fraction of sp³-hybridized carbons (Fsp3) is 0.444. The van der Waals surface area contributed by atoms with Crippen molar-refractivity contribution in [3.63, 3.8) is 0 Å². The first kappa shape index (κ1) is 47.0. The molecule has 1 N–H and O–H groups in total. The number of hydrogen-bond acceptors (Lipinski definition) is 11. The molecule has 1 aliphatic heterocycles. The average molecular weight is 850 g/mol. The lowest BCUT2D eigenvalue weighted by Gasteiger charge is -2.47. The van der Waals surface area contributed by atoms with Gasteiger partial charge in [0.15, 0.2) is 26.6 Å². The van der Waals surface area contributed by atoms with E-state index >= 15 is 0 Å². The molecule has 3 aromatic carbocycles. The van der Waals surface area contributed by atoms with Crippen LogP contribution in [0.1, 0.15) is 79.0 Å². The summed E-state index contributed by atoms with van der Waals surface area (Å²) in [5, 5.41) is -0.00927. The van der Waals surface area contributed by atoms with Crippen LogP contribution in [0, 0.1) is 5.92 Å². The number of thioether (sulfide) groups is 1. The van der Waals surface area contributed by atoms with E-state index in [1.54, 1.807) is 97.1 Å². The molecule has 1 saturated heterocycles. The first-order valence-electron chi connectivity index (χ1n) is 19.5. The Morgan fingerprint density at radius 1 is 0.793 bits per heavy atom. The predicted molar refractivity (Wildman–Crippen MR) is 235 cm³/mol. The van der Waals surface area contributed by atoms with E-state index in [0.717, 1.165) is 0 Å². The Morgan fingerprint density at radius 2 is 1.24 bits per heavy atom. The number of carbonyl (C=O) groups is 3. The quantitative estimate of drug-likeness (QED) is 0.0433. The second-order valence-electron chi connectivity index (χ2n) is 16.7. The number of benzene rings is 3. The van der Waals surface area contributed by atoms with Crippen molar-refractivity contribution in [2.24, 2.45) is 5.92 Å². The minimum absolute atomic E-state index is 0.00927. The van der Waals surface area contributed by atoms with Gasteiger partial charge < -0.3 is 27.9 Å². The van der Waals surface area contributed by atoms with Crippen LogP contribution in [0.2, 0.25) is 18.1 Å². The molecule has 0 amide bonds. The van der Waals surface area contributed by atoms with Gasteiger partial charge in [0.25, 0.3) is 0 Å². The van der Waals surface area contributed by atoms with Gasteiger partial charge in [-0.25, -0.2) is 14.4 Å². The summed E-state index contributed by atoms with van der Waals surface area (Å²) in [5.41, 5.74) is -0.242. The van der Waals surface area contributed by atoms with Crippen LogP contribution in [-0.4, -0.2) is 83.8 Å². The van der Waals surface area contributed by atoms with Gasteiger partial charge in [0.05, 0.1) is 22.7 Å². The normalized spacial score (nSPS) is 21.5. The number of ether oxygens (including phenoxy) is 4. The van der Waals surface area contributed by atoms with E-state index in [1.807, 2.05) is 26.8 Å². The maximum absolute atomic E-state index is 14.0. The molecule has 0 aliphatic carbocycles. The largest absolute Gasteiger partial charge is 0.598 e. The molecule has 7 unspecified atom stereocenters. The summed E-state index contributed by atoms with van der Waals surface area (Å²) in [6.07, 6.45) is -1.42. The summed E-state index contributed by atoms with van der Waals surface area (Å²) in [6.45, 7) is 24.9. The van der Waals surface area contributed by atoms with Gasteiger partial charge >= 0.3 is 17.9 Å². The molecule has 3 aromatic rings. The second kappa shape index (κ2) is 21.0. The minimum Gasteiger partial charge on any atom is -0.598 e. The van der Waals surface area contributed by atoms with E-state index in [1.165, 1.54) is 11.8 Å². The molecular weight excluding hydrogens is 791 g/mol. The van der Waals surface area contributed by atoms with Crippen LogP contribution < -0.4 is 4.72 Å². The lowest BCUT2D eigenvalue weighted by atomic mass is 9.92. The smallest absolute Gasteiger partial charge is 0.338 e. The third kappa shape index (κ3) is 12.9. The van der Waals surface area contributed by atoms with Crippen molar-refractivity contribution in [1.29, 1.82) is 0 Å². The van der Waals surface area contributed by atoms with Crippen LogP contribution in [0.5, 0.6) is 0 Å². The summed E-state index contributed by atoms with van der Waals surface area (Å²) in [4.78, 5) is 42.0. The van der Waals surface area contributed by atoms with E-state index in [-0.39, 0.29) is 34.1 Å². The lowest BCUT2D eigenvalue weighted by Crippen LogP contribution is -2.66. The summed E-state index contributed by atoms with van der Waals surface area (Å²) >= 11 is -0.271. The molecule has 8 atom stereocenters. The Kier molecular flexibility index (Phi) is 17.0. The topological polar surface area (TPSA) is 132 Å². The van der Waals surface area contributed by atoms with E-state index in [4.69, 9.17) is 23.4 Å². The fourth-order valence-electron chi connectivity index (χ4n) is 5.66. The summed E-state index contributed by atoms with van der Waals surface area (Å²) in [6, 6.07) is 24.4. The zero-order valence-corrected chi connectivity index (χ0v) is 37.5. The summed E-state index contributed by atoms with van der Waals surface area (Å²) < 4.78 is 48.7. The van der Waals surface area contributed by atoms with Gasteiger partial charge in [-0.2, -0.15) is 0 Å². The van der Waals surface area contributed by atoms with Crippen LogP contribution in [0.4, 0.5) is 0 Å². The molecule has 1 fully saturated rings. The van der Waals surface area contributed by atoms with Crippen molar-refractivity contribution in [2.45, 2.75) is 107 Å². The average Bonchev–Trinajstić information content (AvgIpc) is 3.19. The van der Waals surface area contributed by atoms with E-state index in [2.05, 4.69) is 51.7 Å². The Labute approximate surface area is 352 Å². The first-order valence-corrected chi connectivity index (χ1v) is 24.6. The highest BCUT2D eigenvalue weighted by Crippen LogP contribution is 2.40. The van der Waals surface area contributed by atoms with Gasteiger partial charge in [-0.3, -0.25) is 0 Å². The molecule has 0 radical (unpaired) electrons. The van der Waals surface area contributed by atoms with Gasteiger partial charge in [-0.1, -0.05) is 87.5 Å². The second-order valence-corrected chi connectivity index (χ2v) is 24.6. The monoisotopic (exact) mass is 849 g/mol. The Balaban J connectivity index is 1.86. The Bertz CT molecular complexity index is 1800. The molecule has 0 bridgehead atoms. The maximum atomic E-state index is 14.0. The maximum Gasteiger partial charge on any atom is 0.338 e. The van der Waals surface area contributed by atoms with Gasteiger partial charge in [-0.05, 0) is 81.7 Å². The molecule has 13 heteroatoms. The number of esters is 3. The predicted octanol–water partition coefficient (Wildman–Crippen LogP) is 8.94. The Morgan fingerprint density at radius 3 is 1.66 bits per heavy atom. The molecule has 1 heterocycles. The highest BCUT2D eigenvalue weighted by atomic mass is 32.2. The van der Waals surface area contributed by atoms with Gasteiger partial charge in [0.2, 0.25) is 0 Å². The van der Waals surface area contributed by atoms with Crippen LogP contribution in [0.3, 0.4) is 0 Å². The van der Waals surface area contributed by atoms with Crippen molar-refractivity contribution in [2.75, 3.05) is 12.4 Å². The van der Waals surface area contributed by atoms with Crippen molar-refractivity contribution < 1.29 is 42.3 Å². The fourth-order valence-corrected chi connectivity index (χ4v) is 8.86. The highest BCUT2D eigenvalue weighted by Gasteiger charge is 2.55. The van der Waals surface area contributed by atoms with E-state index < -0.39 is 78.2 Å². The molecule has 4 rings (SSSR count). The van der Waals surface area contributed by atoms with Crippen molar-refractivity contribution in [1.82, 2.24) is 4.72 Å². The van der Waals surface area contributed by atoms with Gasteiger partial charge in [0.1, 0.15) is 16.3 Å². The molecule has 0 saturated carbocycles. The minimum atomic E-state index is -2.12. The van der Waals surface area contributed by atoms with Crippen molar-refractivity contribution in [3.8, 4) is 0 Å². The zero-order valence-electron chi connectivity index (χ0n) is 34.9. The van der Waals surface area contributed by atoms with Crippen LogP contribution in [0.25, 0.3) is 0 Å². The number of hydrogen-bond donors (Lipinski definition) is 1. The molecule has 314 valence electrons. The van der Waals surface area contributed by atoms with E-state index in [0.29, 0.717) is 12.4 Å². The molecule has 10 nitrogen and oxygen atoms in total. The summed E-state index contributed by atoms with van der Waals surface area (Å²) in [7, 11) is -2.12. The number of rotatable bonds is 18. The molecule has 0 aromatic heterocycles. The highest BCUT2D eigenvalue weighted by molar-refractivity contribution is 7.99. The molecular formula is C45H59NO9S2Si.